The van der Waals surface area contributed by atoms with Crippen LogP contribution in [0.15, 0.2) is 23.4 Å². The second kappa shape index (κ2) is 4.70. The number of aryl methyl sites for hydroxylation is 1. The van der Waals surface area contributed by atoms with E-state index in [0.717, 1.165) is 24.5 Å². The molecule has 2 aromatic rings. The molecule has 0 saturated carbocycles. The lowest BCUT2D eigenvalue weighted by Gasteiger charge is -2.02. The van der Waals surface area contributed by atoms with E-state index in [1.807, 2.05) is 17.7 Å². The molecule has 0 aliphatic carbocycles. The summed E-state index contributed by atoms with van der Waals surface area (Å²) in [5.41, 5.74) is 1.70. The SMILES string of the molecule is Cc1nonc1CNCCn1ccnc1. The van der Waals surface area contributed by atoms with Crippen LogP contribution < -0.4 is 5.32 Å². The number of aromatic nitrogens is 4. The van der Waals surface area contributed by atoms with Crippen molar-refractivity contribution in [3.05, 3.63) is 30.1 Å². The Morgan fingerprint density at radius 1 is 1.47 bits per heavy atom. The van der Waals surface area contributed by atoms with Gasteiger partial charge in [-0.1, -0.05) is 10.3 Å². The standard InChI is InChI=1S/C9H13N5O/c1-8-9(13-15-12-8)6-10-2-4-14-5-3-11-7-14/h3,5,7,10H,2,4,6H2,1H3. The van der Waals surface area contributed by atoms with Gasteiger partial charge in [-0.2, -0.15) is 0 Å². The Kier molecular flexibility index (Phi) is 3.08. The van der Waals surface area contributed by atoms with E-state index in [2.05, 4.69) is 25.2 Å². The number of hydrogen-bond acceptors (Lipinski definition) is 5. The summed E-state index contributed by atoms with van der Waals surface area (Å²) in [5.74, 6) is 0. The lowest BCUT2D eigenvalue weighted by molar-refractivity contribution is 0.300. The number of nitrogens with one attached hydrogen (secondary N) is 1. The van der Waals surface area contributed by atoms with Crippen molar-refractivity contribution < 1.29 is 4.63 Å². The predicted octanol–water partition coefficient (Wildman–Crippen LogP) is 0.364. The minimum Gasteiger partial charge on any atom is -0.336 e. The molecule has 0 aliphatic heterocycles. The summed E-state index contributed by atoms with van der Waals surface area (Å²) in [6, 6.07) is 0. The maximum atomic E-state index is 4.59. The van der Waals surface area contributed by atoms with Crippen molar-refractivity contribution in [3.63, 3.8) is 0 Å². The van der Waals surface area contributed by atoms with Crippen molar-refractivity contribution in [2.45, 2.75) is 20.0 Å². The Morgan fingerprint density at radius 3 is 3.07 bits per heavy atom. The first kappa shape index (κ1) is 9.85. The molecule has 0 atom stereocenters. The normalized spacial score (nSPS) is 10.7. The van der Waals surface area contributed by atoms with Gasteiger partial charge in [-0.05, 0) is 6.92 Å². The third-order valence-electron chi connectivity index (χ3n) is 2.14. The number of nitrogens with zero attached hydrogens (tertiary/aromatic N) is 4. The molecule has 15 heavy (non-hydrogen) atoms. The number of imidazole rings is 1. The van der Waals surface area contributed by atoms with Gasteiger partial charge < -0.3 is 9.88 Å². The largest absolute Gasteiger partial charge is 0.336 e. The van der Waals surface area contributed by atoms with Gasteiger partial charge in [0.05, 0.1) is 6.33 Å². The summed E-state index contributed by atoms with van der Waals surface area (Å²) < 4.78 is 6.61. The van der Waals surface area contributed by atoms with Crippen LogP contribution in [0.5, 0.6) is 0 Å². The maximum Gasteiger partial charge on any atom is 0.121 e. The predicted molar refractivity (Wildman–Crippen MR) is 53.0 cm³/mol. The number of rotatable bonds is 5. The first-order chi connectivity index (χ1) is 7.36. The van der Waals surface area contributed by atoms with Crippen molar-refractivity contribution in [1.82, 2.24) is 25.2 Å². The quantitative estimate of drug-likeness (QED) is 0.717. The van der Waals surface area contributed by atoms with Crippen molar-refractivity contribution in [2.75, 3.05) is 6.54 Å². The van der Waals surface area contributed by atoms with Crippen molar-refractivity contribution in [1.29, 1.82) is 0 Å². The molecular weight excluding hydrogens is 194 g/mol. The average Bonchev–Trinajstić information content (AvgIpc) is 2.85. The molecule has 2 heterocycles. The molecule has 0 unspecified atom stereocenters. The lowest BCUT2D eigenvalue weighted by atomic mass is 10.3. The second-order valence-corrected chi connectivity index (χ2v) is 3.27. The van der Waals surface area contributed by atoms with E-state index in [9.17, 15) is 0 Å². The molecule has 0 aliphatic rings. The monoisotopic (exact) mass is 207 g/mol. The van der Waals surface area contributed by atoms with Gasteiger partial charge in [-0.25, -0.2) is 9.61 Å². The molecule has 6 heteroatoms. The molecule has 0 fully saturated rings. The summed E-state index contributed by atoms with van der Waals surface area (Å²) in [6.45, 7) is 4.32. The van der Waals surface area contributed by atoms with Crippen molar-refractivity contribution in [2.24, 2.45) is 0 Å². The maximum absolute atomic E-state index is 4.59. The molecule has 0 radical (unpaired) electrons. The summed E-state index contributed by atoms with van der Waals surface area (Å²) in [4.78, 5) is 3.96. The summed E-state index contributed by atoms with van der Waals surface area (Å²) in [6.07, 6.45) is 5.50. The van der Waals surface area contributed by atoms with Gasteiger partial charge in [-0.15, -0.1) is 0 Å². The van der Waals surface area contributed by atoms with E-state index in [0.29, 0.717) is 6.54 Å². The molecular formula is C9H13N5O. The Balaban J connectivity index is 1.70. The zero-order valence-corrected chi connectivity index (χ0v) is 8.55. The van der Waals surface area contributed by atoms with Gasteiger partial charge in [-0.3, -0.25) is 0 Å². The Labute approximate surface area is 87.3 Å². The van der Waals surface area contributed by atoms with Crippen molar-refractivity contribution >= 4 is 0 Å². The highest BCUT2D eigenvalue weighted by atomic mass is 16.6. The fourth-order valence-corrected chi connectivity index (χ4v) is 1.24. The van der Waals surface area contributed by atoms with Crippen LogP contribution in [-0.2, 0) is 13.1 Å². The third kappa shape index (κ3) is 2.63. The second-order valence-electron chi connectivity index (χ2n) is 3.27. The molecule has 0 saturated heterocycles. The first-order valence-electron chi connectivity index (χ1n) is 4.81. The van der Waals surface area contributed by atoms with Crippen LogP contribution in [0.2, 0.25) is 0 Å². The van der Waals surface area contributed by atoms with E-state index in [4.69, 9.17) is 0 Å². The highest BCUT2D eigenvalue weighted by Crippen LogP contribution is 1.98. The van der Waals surface area contributed by atoms with E-state index in [-0.39, 0.29) is 0 Å². The fraction of sp³-hybridized carbons (Fsp3) is 0.444. The lowest BCUT2D eigenvalue weighted by Crippen LogP contribution is -2.19. The molecule has 0 bridgehead atoms. The van der Waals surface area contributed by atoms with Gasteiger partial charge in [0.2, 0.25) is 0 Å². The molecule has 0 aromatic carbocycles. The van der Waals surface area contributed by atoms with E-state index >= 15 is 0 Å². The van der Waals surface area contributed by atoms with Gasteiger partial charge in [0, 0.05) is 32.0 Å². The zero-order valence-electron chi connectivity index (χ0n) is 8.55. The van der Waals surface area contributed by atoms with E-state index in [1.165, 1.54) is 0 Å². The van der Waals surface area contributed by atoms with Gasteiger partial charge in [0.1, 0.15) is 11.4 Å². The minimum absolute atomic E-state index is 0.685. The van der Waals surface area contributed by atoms with Crippen LogP contribution in [-0.4, -0.2) is 26.4 Å². The highest BCUT2D eigenvalue weighted by molar-refractivity contribution is 5.03. The molecule has 0 amide bonds. The molecule has 6 nitrogen and oxygen atoms in total. The van der Waals surface area contributed by atoms with Crippen LogP contribution >= 0.6 is 0 Å². The Hall–Kier alpha value is -1.69. The van der Waals surface area contributed by atoms with Crippen LogP contribution in [0.1, 0.15) is 11.4 Å². The summed E-state index contributed by atoms with van der Waals surface area (Å²) >= 11 is 0. The third-order valence-corrected chi connectivity index (χ3v) is 2.14. The summed E-state index contributed by atoms with van der Waals surface area (Å²) in [5, 5.41) is 10.7. The highest BCUT2D eigenvalue weighted by Gasteiger charge is 2.03. The van der Waals surface area contributed by atoms with Crippen molar-refractivity contribution in [3.8, 4) is 0 Å². The van der Waals surface area contributed by atoms with Crippen LogP contribution in [0, 0.1) is 6.92 Å². The Bertz CT molecular complexity index is 394. The Morgan fingerprint density at radius 2 is 2.40 bits per heavy atom. The van der Waals surface area contributed by atoms with E-state index in [1.54, 1.807) is 12.5 Å². The molecule has 2 aromatic heterocycles. The molecule has 1 N–H and O–H groups in total. The number of hydrogen-bond donors (Lipinski definition) is 1. The molecule has 0 spiro atoms. The smallest absolute Gasteiger partial charge is 0.121 e. The fourth-order valence-electron chi connectivity index (χ4n) is 1.24. The molecule has 2 rings (SSSR count). The topological polar surface area (TPSA) is 68.8 Å². The van der Waals surface area contributed by atoms with Crippen LogP contribution in [0.4, 0.5) is 0 Å². The van der Waals surface area contributed by atoms with Crippen LogP contribution in [0.25, 0.3) is 0 Å². The van der Waals surface area contributed by atoms with Crippen LogP contribution in [0.3, 0.4) is 0 Å². The van der Waals surface area contributed by atoms with Gasteiger partial charge in [0.15, 0.2) is 0 Å². The first-order valence-corrected chi connectivity index (χ1v) is 4.81. The zero-order chi connectivity index (χ0) is 10.5. The van der Waals surface area contributed by atoms with E-state index < -0.39 is 0 Å². The molecule has 80 valence electrons. The average molecular weight is 207 g/mol. The minimum atomic E-state index is 0.685. The summed E-state index contributed by atoms with van der Waals surface area (Å²) in [7, 11) is 0. The van der Waals surface area contributed by atoms with Gasteiger partial charge in [0.25, 0.3) is 0 Å². The van der Waals surface area contributed by atoms with Gasteiger partial charge >= 0.3 is 0 Å².